The summed E-state index contributed by atoms with van der Waals surface area (Å²) in [4.78, 5) is 28.3. The predicted octanol–water partition coefficient (Wildman–Crippen LogP) is 3.36. The van der Waals surface area contributed by atoms with E-state index in [1.807, 2.05) is 30.3 Å². The normalized spacial score (nSPS) is 29.3. The van der Waals surface area contributed by atoms with Crippen LogP contribution < -0.4 is 0 Å². The van der Waals surface area contributed by atoms with E-state index in [4.69, 9.17) is 4.74 Å². The number of ether oxygens (including phenoxy) is 1. The molecule has 6 heteroatoms. The highest BCUT2D eigenvalue weighted by Crippen LogP contribution is 2.31. The molecule has 27 heavy (non-hydrogen) atoms. The average Bonchev–Trinajstić information content (AvgIpc) is 2.66. The summed E-state index contributed by atoms with van der Waals surface area (Å²) in [6, 6.07) is 10.4. The highest BCUT2D eigenvalue weighted by Gasteiger charge is 2.40. The third-order valence-electron chi connectivity index (χ3n) is 5.92. The molecule has 3 rings (SSSR count). The van der Waals surface area contributed by atoms with Gasteiger partial charge >= 0.3 is 12.1 Å². The molecule has 0 bridgehead atoms. The molecule has 4 atom stereocenters. The first kappa shape index (κ1) is 19.7. The fraction of sp³-hybridized carbons (Fsp3) is 0.619. The maximum atomic E-state index is 12.6. The second-order valence-corrected chi connectivity index (χ2v) is 7.95. The summed E-state index contributed by atoms with van der Waals surface area (Å²) in [6.45, 7) is 5.37. The molecule has 0 aromatic heterocycles. The van der Waals surface area contributed by atoms with E-state index in [-0.39, 0.29) is 19.2 Å². The van der Waals surface area contributed by atoms with E-state index < -0.39 is 18.0 Å². The number of likely N-dealkylation sites (tertiary alicyclic amines) is 2. The molecule has 0 spiro atoms. The van der Waals surface area contributed by atoms with E-state index in [0.717, 1.165) is 18.4 Å². The van der Waals surface area contributed by atoms with Crippen molar-refractivity contribution in [2.45, 2.75) is 64.3 Å². The lowest BCUT2D eigenvalue weighted by atomic mass is 9.88. The molecule has 1 amide bonds. The molecule has 2 aliphatic heterocycles. The van der Waals surface area contributed by atoms with Crippen molar-refractivity contribution < 1.29 is 19.4 Å². The molecule has 0 unspecified atom stereocenters. The lowest BCUT2D eigenvalue weighted by Crippen LogP contribution is -2.59. The molecule has 2 heterocycles. The predicted molar refractivity (Wildman–Crippen MR) is 102 cm³/mol. The second kappa shape index (κ2) is 8.74. The van der Waals surface area contributed by atoms with Gasteiger partial charge in [0.1, 0.15) is 6.61 Å². The quantitative estimate of drug-likeness (QED) is 0.875. The average molecular weight is 374 g/mol. The number of piperidine rings is 2. The molecule has 148 valence electrons. The first-order chi connectivity index (χ1) is 13.0. The first-order valence-electron chi connectivity index (χ1n) is 9.91. The number of nitrogens with zero attached hydrogens (tertiary/aromatic N) is 2. The van der Waals surface area contributed by atoms with Gasteiger partial charge in [-0.2, -0.15) is 0 Å². The van der Waals surface area contributed by atoms with Gasteiger partial charge < -0.3 is 14.7 Å². The summed E-state index contributed by atoms with van der Waals surface area (Å²) < 4.78 is 5.46. The van der Waals surface area contributed by atoms with Gasteiger partial charge in [-0.15, -0.1) is 0 Å². The Morgan fingerprint density at radius 3 is 2.41 bits per heavy atom. The zero-order valence-electron chi connectivity index (χ0n) is 16.2. The number of carbonyl (C=O) groups is 2. The zero-order valence-corrected chi connectivity index (χ0v) is 16.2. The van der Waals surface area contributed by atoms with Gasteiger partial charge in [0.25, 0.3) is 0 Å². The third-order valence-corrected chi connectivity index (χ3v) is 5.92. The zero-order chi connectivity index (χ0) is 19.4. The fourth-order valence-corrected chi connectivity index (χ4v) is 4.59. The van der Waals surface area contributed by atoms with Crippen LogP contribution in [0.5, 0.6) is 0 Å². The Morgan fingerprint density at radius 2 is 1.78 bits per heavy atom. The minimum atomic E-state index is -0.835. The first-order valence-corrected chi connectivity index (χ1v) is 9.91. The van der Waals surface area contributed by atoms with Crippen molar-refractivity contribution in [1.82, 2.24) is 9.80 Å². The largest absolute Gasteiger partial charge is 0.481 e. The molecule has 0 radical (unpaired) electrons. The van der Waals surface area contributed by atoms with Crippen LogP contribution in [0.25, 0.3) is 0 Å². The van der Waals surface area contributed by atoms with E-state index in [0.29, 0.717) is 25.0 Å². The number of aliphatic carboxylic acids is 1. The second-order valence-electron chi connectivity index (χ2n) is 7.95. The maximum absolute atomic E-state index is 12.6. The van der Waals surface area contributed by atoms with E-state index in [1.165, 1.54) is 6.42 Å². The molecule has 0 aliphatic carbocycles. The van der Waals surface area contributed by atoms with Gasteiger partial charge in [0.05, 0.1) is 5.92 Å². The molecule has 6 nitrogen and oxygen atoms in total. The number of amides is 1. The minimum Gasteiger partial charge on any atom is -0.481 e. The summed E-state index contributed by atoms with van der Waals surface area (Å²) >= 11 is 0. The molecule has 2 aliphatic rings. The lowest BCUT2D eigenvalue weighted by molar-refractivity contribution is -0.145. The smallest absolute Gasteiger partial charge is 0.410 e. The Morgan fingerprint density at radius 1 is 1.11 bits per heavy atom. The topological polar surface area (TPSA) is 70.1 Å². The van der Waals surface area contributed by atoms with E-state index >= 15 is 0 Å². The van der Waals surface area contributed by atoms with Crippen molar-refractivity contribution in [3.63, 3.8) is 0 Å². The van der Waals surface area contributed by atoms with Gasteiger partial charge in [-0.25, -0.2) is 4.79 Å². The molecule has 2 saturated heterocycles. The van der Waals surface area contributed by atoms with Crippen molar-refractivity contribution in [2.75, 3.05) is 13.1 Å². The standard InChI is InChI=1S/C21H30N2O4/c1-15-7-6-8-16(2)23(15)19-11-18(20(24)25)12-22(13-19)21(26)27-14-17-9-4-3-5-10-17/h3-5,9-10,15-16,18-19H,6-8,11-14H2,1-2H3,(H,24,25)/t15-,16+,18-,19-/m0/s1. The number of rotatable bonds is 4. The Balaban J connectivity index is 1.68. The van der Waals surface area contributed by atoms with Gasteiger partial charge in [0.2, 0.25) is 0 Å². The Kier molecular flexibility index (Phi) is 6.37. The van der Waals surface area contributed by atoms with Crippen molar-refractivity contribution in [1.29, 1.82) is 0 Å². The molecule has 1 aromatic rings. The maximum Gasteiger partial charge on any atom is 0.410 e. The summed E-state index contributed by atoms with van der Waals surface area (Å²) in [6.07, 6.45) is 3.62. The van der Waals surface area contributed by atoms with Gasteiger partial charge in [0.15, 0.2) is 0 Å². The van der Waals surface area contributed by atoms with Crippen molar-refractivity contribution in [3.8, 4) is 0 Å². The van der Waals surface area contributed by atoms with Crippen LogP contribution in [-0.2, 0) is 16.1 Å². The van der Waals surface area contributed by atoms with Crippen molar-refractivity contribution >= 4 is 12.1 Å². The van der Waals surface area contributed by atoms with Crippen LogP contribution in [0, 0.1) is 5.92 Å². The molecule has 0 saturated carbocycles. The lowest BCUT2D eigenvalue weighted by Gasteiger charge is -2.48. The van der Waals surface area contributed by atoms with Crippen LogP contribution in [0.15, 0.2) is 30.3 Å². The molecular weight excluding hydrogens is 344 g/mol. The van der Waals surface area contributed by atoms with Gasteiger partial charge in [-0.05, 0) is 38.7 Å². The number of carboxylic acid groups (broad SMARTS) is 1. The van der Waals surface area contributed by atoms with Crippen LogP contribution in [-0.4, -0.2) is 58.2 Å². The molecule has 2 fully saturated rings. The SMILES string of the molecule is C[C@@H]1CCC[C@H](C)N1[C@H]1C[C@H](C(=O)O)CN(C(=O)OCc2ccccc2)C1. The fourth-order valence-electron chi connectivity index (χ4n) is 4.59. The van der Waals surface area contributed by atoms with Gasteiger partial charge in [-0.1, -0.05) is 36.8 Å². The van der Waals surface area contributed by atoms with Crippen LogP contribution in [0.4, 0.5) is 4.79 Å². The van der Waals surface area contributed by atoms with Crippen molar-refractivity contribution in [2.24, 2.45) is 5.92 Å². The van der Waals surface area contributed by atoms with Crippen LogP contribution >= 0.6 is 0 Å². The number of hydrogen-bond donors (Lipinski definition) is 1. The molecule has 1 aromatic carbocycles. The summed E-state index contributed by atoms with van der Waals surface area (Å²) in [5, 5.41) is 9.60. The Labute approximate surface area is 161 Å². The summed E-state index contributed by atoms with van der Waals surface area (Å²) in [5.41, 5.74) is 0.924. The van der Waals surface area contributed by atoms with Crippen LogP contribution in [0.1, 0.15) is 45.1 Å². The summed E-state index contributed by atoms with van der Waals surface area (Å²) in [7, 11) is 0. The summed E-state index contributed by atoms with van der Waals surface area (Å²) in [5.74, 6) is -1.38. The molecular formula is C21H30N2O4. The van der Waals surface area contributed by atoms with E-state index in [2.05, 4.69) is 18.7 Å². The van der Waals surface area contributed by atoms with Gasteiger partial charge in [0, 0.05) is 31.2 Å². The van der Waals surface area contributed by atoms with Crippen LogP contribution in [0.2, 0.25) is 0 Å². The Bertz CT molecular complexity index is 641. The minimum absolute atomic E-state index is 0.0643. The Hall–Kier alpha value is -2.08. The molecule has 1 N–H and O–H groups in total. The number of carboxylic acids is 1. The van der Waals surface area contributed by atoms with Crippen LogP contribution in [0.3, 0.4) is 0 Å². The van der Waals surface area contributed by atoms with Crippen molar-refractivity contribution in [3.05, 3.63) is 35.9 Å². The third kappa shape index (κ3) is 4.80. The van der Waals surface area contributed by atoms with Gasteiger partial charge in [-0.3, -0.25) is 9.69 Å². The van der Waals surface area contributed by atoms with E-state index in [1.54, 1.807) is 4.90 Å². The van der Waals surface area contributed by atoms with E-state index in [9.17, 15) is 14.7 Å². The number of benzene rings is 1. The highest BCUT2D eigenvalue weighted by molar-refractivity contribution is 5.73. The highest BCUT2D eigenvalue weighted by atomic mass is 16.6. The monoisotopic (exact) mass is 374 g/mol. The number of carbonyl (C=O) groups excluding carboxylic acids is 1. The number of hydrogen-bond acceptors (Lipinski definition) is 4.